The Morgan fingerprint density at radius 3 is 2.09 bits per heavy atom. The molecule has 0 heterocycles. The van der Waals surface area contributed by atoms with Gasteiger partial charge in [0.1, 0.15) is 12.0 Å². The van der Waals surface area contributed by atoms with E-state index in [0.29, 0.717) is 6.42 Å². The zero-order valence-electron chi connectivity index (χ0n) is 13.1. The number of amides is 2. The molecule has 0 aliphatic heterocycles. The molecule has 22 heavy (non-hydrogen) atoms. The normalized spacial score (nSPS) is 13.8. The largest absolute Gasteiger partial charge is 0.480 e. The molecule has 0 aliphatic rings. The van der Waals surface area contributed by atoms with Gasteiger partial charge in [-0.25, -0.2) is 4.79 Å². The van der Waals surface area contributed by atoms with E-state index >= 15 is 0 Å². The molecule has 0 saturated heterocycles. The zero-order valence-corrected chi connectivity index (χ0v) is 13.9. The van der Waals surface area contributed by atoms with Crippen LogP contribution in [0.5, 0.6) is 0 Å². The number of nitrogens with one attached hydrogen (secondary N) is 1. The van der Waals surface area contributed by atoms with Crippen LogP contribution in [0, 0.1) is 16.0 Å². The second-order valence-corrected chi connectivity index (χ2v) is 5.58. The lowest BCUT2D eigenvalue weighted by atomic mass is 10.0. The highest BCUT2D eigenvalue weighted by molar-refractivity contribution is 7.98. The van der Waals surface area contributed by atoms with E-state index in [2.05, 4.69) is 5.32 Å². The van der Waals surface area contributed by atoms with E-state index < -0.39 is 34.8 Å². The molecule has 4 N–H and O–H groups in total. The molecular formula is C12H23N3O6S. The van der Waals surface area contributed by atoms with Gasteiger partial charge in [0.05, 0.1) is 0 Å². The topological polar surface area (TPSA) is 153 Å². The Hall–Kier alpha value is -1.84. The number of rotatable bonds is 8. The lowest BCUT2D eigenvalue weighted by Gasteiger charge is -2.11. The van der Waals surface area contributed by atoms with Gasteiger partial charge in [0.25, 0.3) is 0 Å². The molecule has 0 aromatic carbocycles. The molecule has 9 nitrogen and oxygen atoms in total. The van der Waals surface area contributed by atoms with E-state index in [1.807, 2.05) is 6.26 Å². The number of nitrogens with two attached hydrogens (primary N) is 1. The molecule has 0 saturated carbocycles. The average molecular weight is 337 g/mol. The fourth-order valence-electron chi connectivity index (χ4n) is 1.16. The SMILES string of the molecule is CC(C(N)=O)C(C)[N+](=O)[O-].CSCCC(NC(C)=O)C(=O)O. The summed E-state index contributed by atoms with van der Waals surface area (Å²) in [6.07, 6.45) is 2.36. The van der Waals surface area contributed by atoms with Crippen molar-refractivity contribution in [1.82, 2.24) is 5.32 Å². The van der Waals surface area contributed by atoms with Gasteiger partial charge >= 0.3 is 5.97 Å². The van der Waals surface area contributed by atoms with Crippen molar-refractivity contribution in [2.24, 2.45) is 11.7 Å². The minimum atomic E-state index is -0.973. The van der Waals surface area contributed by atoms with Crippen molar-refractivity contribution >= 4 is 29.5 Å². The van der Waals surface area contributed by atoms with Gasteiger partial charge in [0.15, 0.2) is 0 Å². The highest BCUT2D eigenvalue weighted by Gasteiger charge is 2.26. The Kier molecular flexibility index (Phi) is 12.0. The molecule has 0 spiro atoms. The van der Waals surface area contributed by atoms with Crippen LogP contribution in [0.1, 0.15) is 27.2 Å². The van der Waals surface area contributed by atoms with Crippen molar-refractivity contribution < 1.29 is 24.4 Å². The Labute approximate surface area is 133 Å². The summed E-state index contributed by atoms with van der Waals surface area (Å²) in [6.45, 7) is 4.11. The summed E-state index contributed by atoms with van der Waals surface area (Å²) < 4.78 is 0. The van der Waals surface area contributed by atoms with Crippen molar-refractivity contribution in [2.75, 3.05) is 12.0 Å². The molecule has 0 aliphatic carbocycles. The summed E-state index contributed by atoms with van der Waals surface area (Å²) in [6, 6.07) is -1.63. The summed E-state index contributed by atoms with van der Waals surface area (Å²) in [5.41, 5.74) is 4.83. The molecule has 3 unspecified atom stereocenters. The number of carboxylic acid groups (broad SMARTS) is 1. The van der Waals surface area contributed by atoms with Crippen LogP contribution in [0.3, 0.4) is 0 Å². The number of nitro groups is 1. The third-order valence-corrected chi connectivity index (χ3v) is 3.44. The molecule has 10 heteroatoms. The monoisotopic (exact) mass is 337 g/mol. The first kappa shape index (κ1) is 22.4. The number of nitrogens with zero attached hydrogens (tertiary/aromatic N) is 1. The standard InChI is InChI=1S/C7H13NO3S.C5H10N2O3/c1-5(9)8-6(7(10)11)3-4-12-2;1-3(5(6)8)4(2)7(9)10/h6H,3-4H2,1-2H3,(H,8,9)(H,10,11);3-4H,1-2H3,(H2,6,8). The first-order valence-electron chi connectivity index (χ1n) is 6.46. The smallest absolute Gasteiger partial charge is 0.326 e. The van der Waals surface area contributed by atoms with Crippen LogP contribution in [-0.4, -0.2) is 51.9 Å². The molecule has 0 rings (SSSR count). The zero-order chi connectivity index (χ0) is 17.9. The maximum Gasteiger partial charge on any atom is 0.326 e. The van der Waals surface area contributed by atoms with Crippen molar-refractivity contribution in [1.29, 1.82) is 0 Å². The summed E-state index contributed by atoms with van der Waals surface area (Å²) in [5, 5.41) is 21.0. The molecule has 3 atom stereocenters. The van der Waals surface area contributed by atoms with Crippen LogP contribution in [0.25, 0.3) is 0 Å². The van der Waals surface area contributed by atoms with Gasteiger partial charge in [-0.2, -0.15) is 11.8 Å². The molecule has 0 fully saturated rings. The molecule has 2 amide bonds. The minimum absolute atomic E-state index is 0.302. The number of aliphatic carboxylic acids is 1. The Morgan fingerprint density at radius 2 is 1.86 bits per heavy atom. The predicted octanol–water partition coefficient (Wildman–Crippen LogP) is 0.102. The highest BCUT2D eigenvalue weighted by atomic mass is 32.2. The van der Waals surface area contributed by atoms with Crippen LogP contribution in [-0.2, 0) is 14.4 Å². The van der Waals surface area contributed by atoms with Crippen molar-refractivity contribution in [2.45, 2.75) is 39.3 Å². The van der Waals surface area contributed by atoms with Crippen LogP contribution in [0.2, 0.25) is 0 Å². The van der Waals surface area contributed by atoms with Gasteiger partial charge in [-0.15, -0.1) is 0 Å². The summed E-state index contributed by atoms with van der Waals surface area (Å²) in [5.74, 6) is -1.88. The fourth-order valence-corrected chi connectivity index (χ4v) is 1.63. The Morgan fingerprint density at radius 1 is 1.36 bits per heavy atom. The van der Waals surface area contributed by atoms with E-state index in [4.69, 9.17) is 10.8 Å². The van der Waals surface area contributed by atoms with Crippen LogP contribution in [0.4, 0.5) is 0 Å². The molecular weight excluding hydrogens is 314 g/mol. The van der Waals surface area contributed by atoms with E-state index in [9.17, 15) is 24.5 Å². The molecule has 0 bridgehead atoms. The van der Waals surface area contributed by atoms with E-state index in [0.717, 1.165) is 5.75 Å². The first-order chi connectivity index (χ1) is 10.0. The minimum Gasteiger partial charge on any atom is -0.480 e. The van der Waals surface area contributed by atoms with E-state index in [1.54, 1.807) is 11.8 Å². The number of thioether (sulfide) groups is 1. The van der Waals surface area contributed by atoms with E-state index in [-0.39, 0.29) is 5.91 Å². The predicted molar refractivity (Wildman–Crippen MR) is 83.1 cm³/mol. The van der Waals surface area contributed by atoms with Gasteiger partial charge < -0.3 is 16.2 Å². The van der Waals surface area contributed by atoms with Gasteiger partial charge in [-0.3, -0.25) is 19.7 Å². The van der Waals surface area contributed by atoms with Crippen molar-refractivity contribution in [3.05, 3.63) is 10.1 Å². The third kappa shape index (κ3) is 10.9. The lowest BCUT2D eigenvalue weighted by molar-refractivity contribution is -0.523. The average Bonchev–Trinajstić information content (AvgIpc) is 2.41. The van der Waals surface area contributed by atoms with Gasteiger partial charge in [0, 0.05) is 18.8 Å². The number of hydrogen-bond acceptors (Lipinski definition) is 6. The molecule has 0 aromatic rings. The summed E-state index contributed by atoms with van der Waals surface area (Å²) in [4.78, 5) is 40.9. The molecule has 0 aromatic heterocycles. The van der Waals surface area contributed by atoms with Gasteiger partial charge in [-0.1, -0.05) is 0 Å². The lowest BCUT2D eigenvalue weighted by Crippen LogP contribution is -2.39. The van der Waals surface area contributed by atoms with E-state index in [1.165, 1.54) is 20.8 Å². The first-order valence-corrected chi connectivity index (χ1v) is 7.85. The van der Waals surface area contributed by atoms with Gasteiger partial charge in [-0.05, 0) is 25.4 Å². The van der Waals surface area contributed by atoms with Crippen molar-refractivity contribution in [3.63, 3.8) is 0 Å². The highest BCUT2D eigenvalue weighted by Crippen LogP contribution is 2.03. The number of carbonyl (C=O) groups is 3. The van der Waals surface area contributed by atoms with Crippen molar-refractivity contribution in [3.8, 4) is 0 Å². The maximum atomic E-state index is 10.5. The molecule has 0 radical (unpaired) electrons. The number of primary amides is 1. The Balaban J connectivity index is 0. The quantitative estimate of drug-likeness (QED) is 0.419. The van der Waals surface area contributed by atoms with Crippen LogP contribution >= 0.6 is 11.8 Å². The second-order valence-electron chi connectivity index (χ2n) is 4.59. The second kappa shape index (κ2) is 11.8. The van der Waals surface area contributed by atoms with Gasteiger partial charge in [0.2, 0.25) is 17.9 Å². The van der Waals surface area contributed by atoms with Crippen LogP contribution < -0.4 is 11.1 Å². The molecule has 128 valence electrons. The Bertz CT molecular complexity index is 386. The number of hydrogen-bond donors (Lipinski definition) is 3. The number of carboxylic acids is 1. The third-order valence-electron chi connectivity index (χ3n) is 2.79. The number of carbonyl (C=O) groups excluding carboxylic acids is 2. The summed E-state index contributed by atoms with van der Waals surface area (Å²) in [7, 11) is 0. The fraction of sp³-hybridized carbons (Fsp3) is 0.750. The maximum absolute atomic E-state index is 10.5. The summed E-state index contributed by atoms with van der Waals surface area (Å²) >= 11 is 1.56. The van der Waals surface area contributed by atoms with Crippen LogP contribution in [0.15, 0.2) is 0 Å².